The Morgan fingerprint density at radius 2 is 1.92 bits per heavy atom. The van der Waals surface area contributed by atoms with Crippen molar-refractivity contribution in [1.29, 1.82) is 0 Å². The molecule has 0 atom stereocenters. The number of hydrogen-bond donors (Lipinski definition) is 1. The predicted molar refractivity (Wildman–Crippen MR) is 92.7 cm³/mol. The molecule has 0 saturated heterocycles. The molecule has 1 N–H and O–H groups in total. The van der Waals surface area contributed by atoms with E-state index in [9.17, 15) is 17.6 Å². The maximum atomic E-state index is 12.9. The highest BCUT2D eigenvalue weighted by Crippen LogP contribution is 2.17. The lowest BCUT2D eigenvalue weighted by atomic mass is 10.3. The van der Waals surface area contributed by atoms with E-state index in [1.807, 2.05) is 0 Å². The average Bonchev–Trinajstić information content (AvgIpc) is 3.03. The summed E-state index contributed by atoms with van der Waals surface area (Å²) in [5.74, 6) is -0.195. The van der Waals surface area contributed by atoms with Gasteiger partial charge in [-0.1, -0.05) is 6.07 Å². The zero-order valence-electron chi connectivity index (χ0n) is 13.6. The fraction of sp³-hybridized carbons (Fsp3) is 0.0588. The number of nitrogens with zero attached hydrogens (tertiary/aromatic N) is 2. The van der Waals surface area contributed by atoms with Gasteiger partial charge in [-0.3, -0.25) is 5.32 Å². The van der Waals surface area contributed by atoms with Gasteiger partial charge in [0.05, 0.1) is 23.0 Å². The maximum Gasteiger partial charge on any atom is 0.417 e. The van der Waals surface area contributed by atoms with Crippen LogP contribution in [0.4, 0.5) is 14.9 Å². The van der Waals surface area contributed by atoms with E-state index in [1.165, 1.54) is 65.6 Å². The Bertz CT molecular complexity index is 1050. The summed E-state index contributed by atoms with van der Waals surface area (Å²) in [5.41, 5.74) is 0.881. The van der Waals surface area contributed by atoms with Crippen LogP contribution in [0.25, 0.3) is 5.69 Å². The molecule has 26 heavy (non-hydrogen) atoms. The van der Waals surface area contributed by atoms with Crippen molar-refractivity contribution in [2.75, 3.05) is 11.6 Å². The van der Waals surface area contributed by atoms with Crippen molar-refractivity contribution in [2.24, 2.45) is 0 Å². The highest BCUT2D eigenvalue weighted by Gasteiger charge is 2.11. The van der Waals surface area contributed by atoms with Gasteiger partial charge in [-0.25, -0.2) is 22.3 Å². The van der Waals surface area contributed by atoms with Crippen LogP contribution >= 0.6 is 0 Å². The van der Waals surface area contributed by atoms with Crippen molar-refractivity contribution < 1.29 is 22.3 Å². The van der Waals surface area contributed by atoms with Crippen LogP contribution in [0.15, 0.2) is 65.8 Å². The van der Waals surface area contributed by atoms with E-state index in [0.717, 1.165) is 6.26 Å². The number of carbonyl (C=O) groups is 1. The molecule has 1 aromatic heterocycles. The molecular weight excluding hydrogens is 361 g/mol. The first kappa shape index (κ1) is 17.6. The first-order chi connectivity index (χ1) is 12.3. The minimum atomic E-state index is -3.38. The Labute approximate surface area is 148 Å². The molecule has 1 heterocycles. The number of sulfone groups is 1. The van der Waals surface area contributed by atoms with Crippen LogP contribution in [0, 0.1) is 5.82 Å². The van der Waals surface area contributed by atoms with E-state index in [4.69, 9.17) is 4.74 Å². The second kappa shape index (κ2) is 6.96. The summed E-state index contributed by atoms with van der Waals surface area (Å²) in [6.07, 6.45) is 3.07. The summed E-state index contributed by atoms with van der Waals surface area (Å²) in [4.78, 5) is 12.0. The minimum absolute atomic E-state index is 0.0828. The molecule has 0 aliphatic heterocycles. The second-order valence-electron chi connectivity index (χ2n) is 5.41. The van der Waals surface area contributed by atoms with Crippen LogP contribution in [-0.2, 0) is 9.84 Å². The van der Waals surface area contributed by atoms with Gasteiger partial charge in [0.15, 0.2) is 15.6 Å². The van der Waals surface area contributed by atoms with E-state index >= 15 is 0 Å². The molecule has 3 rings (SSSR count). The first-order valence-corrected chi connectivity index (χ1v) is 9.30. The van der Waals surface area contributed by atoms with Crippen molar-refractivity contribution in [2.45, 2.75) is 4.90 Å². The number of nitrogens with one attached hydrogen (secondary N) is 1. The zero-order valence-corrected chi connectivity index (χ0v) is 14.4. The van der Waals surface area contributed by atoms with Crippen molar-refractivity contribution in [1.82, 2.24) is 9.78 Å². The van der Waals surface area contributed by atoms with Gasteiger partial charge in [0, 0.05) is 11.9 Å². The van der Waals surface area contributed by atoms with Crippen molar-refractivity contribution >= 4 is 21.6 Å². The standard InChI is InChI=1S/C17H14FN3O4S/c1-26(23,24)16-4-2-3-13(9-16)20-17(22)25-15-10-19-21(11-15)14-7-5-12(18)6-8-14/h2-11H,1H3,(H,20,22). The Balaban J connectivity index is 1.68. The Hall–Kier alpha value is -3.20. The number of benzene rings is 2. The lowest BCUT2D eigenvalue weighted by molar-refractivity contribution is 0.215. The molecule has 1 amide bonds. The molecule has 0 unspecified atom stereocenters. The molecule has 0 radical (unpaired) electrons. The topological polar surface area (TPSA) is 90.3 Å². The van der Waals surface area contributed by atoms with Gasteiger partial charge in [-0.05, 0) is 42.5 Å². The number of ether oxygens (including phenoxy) is 1. The molecule has 0 bridgehead atoms. The van der Waals surface area contributed by atoms with Gasteiger partial charge in [-0.2, -0.15) is 5.10 Å². The van der Waals surface area contributed by atoms with Gasteiger partial charge < -0.3 is 4.74 Å². The normalized spacial score (nSPS) is 11.2. The fourth-order valence-corrected chi connectivity index (χ4v) is 2.82. The first-order valence-electron chi connectivity index (χ1n) is 7.41. The molecule has 7 nitrogen and oxygen atoms in total. The highest BCUT2D eigenvalue weighted by molar-refractivity contribution is 7.90. The van der Waals surface area contributed by atoms with Crippen molar-refractivity contribution in [3.05, 3.63) is 66.7 Å². The van der Waals surface area contributed by atoms with Crippen LogP contribution in [-0.4, -0.2) is 30.5 Å². The maximum absolute atomic E-state index is 12.9. The fourth-order valence-electron chi connectivity index (χ4n) is 2.15. The molecule has 0 aliphatic carbocycles. The predicted octanol–water partition coefficient (Wildman–Crippen LogP) is 3.03. The van der Waals surface area contributed by atoms with Gasteiger partial charge >= 0.3 is 6.09 Å². The van der Waals surface area contributed by atoms with Gasteiger partial charge in [0.25, 0.3) is 0 Å². The van der Waals surface area contributed by atoms with E-state index in [0.29, 0.717) is 5.69 Å². The summed E-state index contributed by atoms with van der Waals surface area (Å²) >= 11 is 0. The summed E-state index contributed by atoms with van der Waals surface area (Å²) in [5, 5.41) is 6.48. The SMILES string of the molecule is CS(=O)(=O)c1cccc(NC(=O)Oc2cnn(-c3ccc(F)cc3)c2)c1. The van der Waals surface area contributed by atoms with Crippen LogP contribution in [0.3, 0.4) is 0 Å². The van der Waals surface area contributed by atoms with Gasteiger partial charge in [-0.15, -0.1) is 0 Å². The summed E-state index contributed by atoms with van der Waals surface area (Å²) < 4.78 is 42.6. The molecule has 9 heteroatoms. The lowest BCUT2D eigenvalue weighted by Gasteiger charge is -2.06. The second-order valence-corrected chi connectivity index (χ2v) is 7.43. The molecule has 2 aromatic carbocycles. The smallest absolute Gasteiger partial charge is 0.407 e. The highest BCUT2D eigenvalue weighted by atomic mass is 32.2. The Morgan fingerprint density at radius 3 is 2.62 bits per heavy atom. The number of halogens is 1. The minimum Gasteiger partial charge on any atom is -0.407 e. The third-order valence-corrected chi connectivity index (χ3v) is 4.48. The average molecular weight is 375 g/mol. The number of amides is 1. The summed E-state index contributed by atoms with van der Waals surface area (Å²) in [6, 6.07) is 11.5. The van der Waals surface area contributed by atoms with Crippen LogP contribution in [0.2, 0.25) is 0 Å². The molecule has 3 aromatic rings. The van der Waals surface area contributed by atoms with Gasteiger partial charge in [0.2, 0.25) is 0 Å². The van der Waals surface area contributed by atoms with Crippen LogP contribution < -0.4 is 10.1 Å². The van der Waals surface area contributed by atoms with Crippen molar-refractivity contribution in [3.8, 4) is 11.4 Å². The Kier molecular flexibility index (Phi) is 4.72. The molecule has 0 aliphatic rings. The molecule has 0 spiro atoms. The van der Waals surface area contributed by atoms with Crippen molar-refractivity contribution in [3.63, 3.8) is 0 Å². The number of carbonyl (C=O) groups excluding carboxylic acids is 1. The van der Waals surface area contributed by atoms with E-state index < -0.39 is 15.9 Å². The zero-order chi connectivity index (χ0) is 18.7. The van der Waals surface area contributed by atoms with Crippen LogP contribution in [0.5, 0.6) is 5.75 Å². The van der Waals surface area contributed by atoms with E-state index in [2.05, 4.69) is 10.4 Å². The Morgan fingerprint density at radius 1 is 1.19 bits per heavy atom. The van der Waals surface area contributed by atoms with E-state index in [1.54, 1.807) is 0 Å². The summed E-state index contributed by atoms with van der Waals surface area (Å²) in [7, 11) is -3.38. The number of aromatic nitrogens is 2. The third kappa shape index (κ3) is 4.25. The quantitative estimate of drug-likeness (QED) is 0.757. The summed E-state index contributed by atoms with van der Waals surface area (Å²) in [6.45, 7) is 0. The molecular formula is C17H14FN3O4S. The lowest BCUT2D eigenvalue weighted by Crippen LogP contribution is -2.16. The molecule has 0 saturated carbocycles. The number of rotatable bonds is 4. The van der Waals surface area contributed by atoms with Gasteiger partial charge in [0.1, 0.15) is 5.82 Å². The van der Waals surface area contributed by atoms with Crippen LogP contribution in [0.1, 0.15) is 0 Å². The molecule has 134 valence electrons. The molecule has 0 fully saturated rings. The monoisotopic (exact) mass is 375 g/mol. The van der Waals surface area contributed by atoms with E-state index in [-0.39, 0.29) is 22.1 Å². The number of anilines is 1. The largest absolute Gasteiger partial charge is 0.417 e. The third-order valence-electron chi connectivity index (χ3n) is 3.37. The number of hydrogen-bond acceptors (Lipinski definition) is 5.